The van der Waals surface area contributed by atoms with Crippen LogP contribution in [-0.2, 0) is 4.79 Å². The van der Waals surface area contributed by atoms with Crippen molar-refractivity contribution in [3.05, 3.63) is 129 Å². The Hall–Kier alpha value is -6.30. The van der Waals surface area contributed by atoms with Crippen LogP contribution < -0.4 is 25.0 Å². The predicted molar refractivity (Wildman–Crippen MR) is 172 cm³/mol. The lowest BCUT2D eigenvalue weighted by Gasteiger charge is -2.12. The fourth-order valence-corrected chi connectivity index (χ4v) is 4.05. The minimum absolute atomic E-state index is 0.0590. The first-order valence-electron chi connectivity index (χ1n) is 14.1. The van der Waals surface area contributed by atoms with E-state index in [1.165, 1.54) is 48.7 Å². The number of carbonyl (C=O) groups is 3. The summed E-state index contributed by atoms with van der Waals surface area (Å²) >= 11 is 0. The van der Waals surface area contributed by atoms with Crippen LogP contribution in [0.4, 0.5) is 11.4 Å². The number of nitrogens with zero attached hydrogens (tertiary/aromatic N) is 2. The molecule has 0 unspecified atom stereocenters. The standard InChI is InChI=1S/C34H30N4O8/c1-3-44-30-18-15-25(21-31(30)45-4-2)33(40)36-27-10-7-9-24(20-27)34(41)37-35-22-26-8-5-6-11-29(26)46-32(39)19-14-23-12-16-28(17-13-23)38(42)43/h5-22H,3-4H2,1-2H3,(H,36,40)(H,37,41)/b19-14+,35-22?. The molecule has 2 N–H and O–H groups in total. The summed E-state index contributed by atoms with van der Waals surface area (Å²) in [5.74, 6) is -0.414. The Morgan fingerprint density at radius 2 is 1.52 bits per heavy atom. The van der Waals surface area contributed by atoms with Crippen molar-refractivity contribution in [2.75, 3.05) is 18.5 Å². The normalized spacial score (nSPS) is 10.8. The number of esters is 1. The fraction of sp³-hybridized carbons (Fsp3) is 0.118. The van der Waals surface area contributed by atoms with Gasteiger partial charge in [-0.25, -0.2) is 10.2 Å². The Balaban J connectivity index is 1.36. The zero-order valence-electron chi connectivity index (χ0n) is 25.0. The number of ether oxygens (including phenoxy) is 3. The molecule has 0 aliphatic heterocycles. The number of anilines is 1. The van der Waals surface area contributed by atoms with Crippen molar-refractivity contribution in [3.63, 3.8) is 0 Å². The largest absolute Gasteiger partial charge is 0.490 e. The second-order valence-electron chi connectivity index (χ2n) is 9.40. The van der Waals surface area contributed by atoms with Crippen LogP contribution in [0.5, 0.6) is 17.2 Å². The summed E-state index contributed by atoms with van der Waals surface area (Å²) in [5, 5.41) is 17.6. The van der Waals surface area contributed by atoms with Crippen molar-refractivity contribution in [1.29, 1.82) is 0 Å². The number of nitrogens with one attached hydrogen (secondary N) is 2. The lowest BCUT2D eigenvalue weighted by Crippen LogP contribution is -2.18. The van der Waals surface area contributed by atoms with Gasteiger partial charge in [-0.05, 0) is 86.2 Å². The molecule has 2 amide bonds. The summed E-state index contributed by atoms with van der Waals surface area (Å²) in [5.41, 5.74) is 4.36. The van der Waals surface area contributed by atoms with E-state index in [1.807, 2.05) is 13.8 Å². The van der Waals surface area contributed by atoms with Crippen LogP contribution in [0.25, 0.3) is 6.08 Å². The molecule has 0 saturated carbocycles. The number of benzene rings is 4. The Morgan fingerprint density at radius 3 is 2.26 bits per heavy atom. The van der Waals surface area contributed by atoms with E-state index in [2.05, 4.69) is 15.8 Å². The molecular formula is C34H30N4O8. The van der Waals surface area contributed by atoms with Gasteiger partial charge in [0.05, 0.1) is 24.4 Å². The lowest BCUT2D eigenvalue weighted by molar-refractivity contribution is -0.384. The minimum atomic E-state index is -0.679. The molecule has 4 aromatic rings. The maximum absolute atomic E-state index is 12.9. The number of carbonyl (C=O) groups excluding carboxylic acids is 3. The van der Waals surface area contributed by atoms with Crippen LogP contribution in [0, 0.1) is 10.1 Å². The molecule has 12 nitrogen and oxygen atoms in total. The van der Waals surface area contributed by atoms with E-state index in [0.29, 0.717) is 47.1 Å². The first-order chi connectivity index (χ1) is 22.3. The third-order valence-corrected chi connectivity index (χ3v) is 6.20. The van der Waals surface area contributed by atoms with E-state index in [1.54, 1.807) is 60.7 Å². The third-order valence-electron chi connectivity index (χ3n) is 6.20. The Labute approximate surface area is 264 Å². The molecular weight excluding hydrogens is 592 g/mol. The Morgan fingerprint density at radius 1 is 0.804 bits per heavy atom. The minimum Gasteiger partial charge on any atom is -0.490 e. The van der Waals surface area contributed by atoms with Gasteiger partial charge in [-0.1, -0.05) is 18.2 Å². The number of para-hydroxylation sites is 1. The topological polar surface area (TPSA) is 158 Å². The monoisotopic (exact) mass is 622 g/mol. The van der Waals surface area contributed by atoms with E-state index in [4.69, 9.17) is 14.2 Å². The number of nitro groups is 1. The molecule has 46 heavy (non-hydrogen) atoms. The number of hydrogen-bond donors (Lipinski definition) is 2. The van der Waals surface area contributed by atoms with Crippen LogP contribution >= 0.6 is 0 Å². The Bertz CT molecular complexity index is 1780. The second-order valence-corrected chi connectivity index (χ2v) is 9.40. The van der Waals surface area contributed by atoms with Crippen LogP contribution in [-0.4, -0.2) is 42.1 Å². The summed E-state index contributed by atoms with van der Waals surface area (Å²) in [6, 6.07) is 23.5. The summed E-state index contributed by atoms with van der Waals surface area (Å²) < 4.78 is 16.6. The van der Waals surface area contributed by atoms with Crippen LogP contribution in [0.3, 0.4) is 0 Å². The summed E-state index contributed by atoms with van der Waals surface area (Å²) in [7, 11) is 0. The van der Waals surface area contributed by atoms with Crippen molar-refractivity contribution < 1.29 is 33.5 Å². The highest BCUT2D eigenvalue weighted by Gasteiger charge is 2.13. The molecule has 0 atom stereocenters. The lowest BCUT2D eigenvalue weighted by atomic mass is 10.1. The van der Waals surface area contributed by atoms with E-state index in [0.717, 1.165) is 0 Å². The molecule has 0 aliphatic rings. The van der Waals surface area contributed by atoms with Gasteiger partial charge in [-0.3, -0.25) is 19.7 Å². The van der Waals surface area contributed by atoms with Crippen molar-refractivity contribution in [1.82, 2.24) is 5.43 Å². The molecule has 0 radical (unpaired) electrons. The smallest absolute Gasteiger partial charge is 0.336 e. The molecule has 0 bridgehead atoms. The Kier molecular flexibility index (Phi) is 11.3. The highest BCUT2D eigenvalue weighted by Crippen LogP contribution is 2.29. The SMILES string of the molecule is CCOc1ccc(C(=O)Nc2cccc(C(=O)NN=Cc3ccccc3OC(=O)/C=C/c3ccc([N+](=O)[O-])cc3)c2)cc1OCC. The van der Waals surface area contributed by atoms with Gasteiger partial charge in [-0.15, -0.1) is 0 Å². The van der Waals surface area contributed by atoms with E-state index < -0.39 is 22.7 Å². The van der Waals surface area contributed by atoms with Gasteiger partial charge in [-0.2, -0.15) is 5.10 Å². The van der Waals surface area contributed by atoms with Gasteiger partial charge in [0.1, 0.15) is 5.75 Å². The molecule has 0 aromatic heterocycles. The predicted octanol–water partition coefficient (Wildman–Crippen LogP) is 6.03. The van der Waals surface area contributed by atoms with Gasteiger partial charge in [0.25, 0.3) is 17.5 Å². The van der Waals surface area contributed by atoms with Crippen LogP contribution in [0.15, 0.2) is 102 Å². The van der Waals surface area contributed by atoms with Crippen LogP contribution in [0.1, 0.15) is 45.7 Å². The quantitative estimate of drug-likeness (QED) is 0.0457. The first-order valence-corrected chi connectivity index (χ1v) is 14.1. The number of amides is 2. The van der Waals surface area contributed by atoms with Crippen molar-refractivity contribution in [3.8, 4) is 17.2 Å². The summed E-state index contributed by atoms with van der Waals surface area (Å²) in [6.45, 7) is 4.55. The van der Waals surface area contributed by atoms with Crippen LogP contribution in [0.2, 0.25) is 0 Å². The van der Waals surface area contributed by atoms with Gasteiger partial charge in [0.15, 0.2) is 11.5 Å². The molecule has 0 heterocycles. The van der Waals surface area contributed by atoms with Gasteiger partial charge in [0, 0.05) is 40.6 Å². The number of hydrazone groups is 1. The summed E-state index contributed by atoms with van der Waals surface area (Å²) in [6.07, 6.45) is 3.99. The number of hydrogen-bond acceptors (Lipinski definition) is 9. The summed E-state index contributed by atoms with van der Waals surface area (Å²) in [4.78, 5) is 48.4. The molecule has 234 valence electrons. The first kappa shape index (κ1) is 32.6. The van der Waals surface area contributed by atoms with Crippen molar-refractivity contribution in [2.45, 2.75) is 13.8 Å². The van der Waals surface area contributed by atoms with Crippen molar-refractivity contribution in [2.24, 2.45) is 5.10 Å². The number of nitro benzene ring substituents is 1. The number of rotatable bonds is 13. The zero-order chi connectivity index (χ0) is 32.9. The molecule has 0 fully saturated rings. The molecule has 4 aromatic carbocycles. The molecule has 4 rings (SSSR count). The van der Waals surface area contributed by atoms with E-state index in [9.17, 15) is 24.5 Å². The zero-order valence-corrected chi connectivity index (χ0v) is 25.0. The van der Waals surface area contributed by atoms with Crippen molar-refractivity contribution >= 4 is 41.4 Å². The third kappa shape index (κ3) is 9.10. The highest BCUT2D eigenvalue weighted by molar-refractivity contribution is 6.05. The fourth-order valence-electron chi connectivity index (χ4n) is 4.05. The van der Waals surface area contributed by atoms with Gasteiger partial charge >= 0.3 is 5.97 Å². The average molecular weight is 623 g/mol. The van der Waals surface area contributed by atoms with E-state index >= 15 is 0 Å². The maximum atomic E-state index is 12.9. The second kappa shape index (κ2) is 16.0. The molecule has 0 spiro atoms. The maximum Gasteiger partial charge on any atom is 0.336 e. The number of non-ortho nitro benzene ring substituents is 1. The van der Waals surface area contributed by atoms with Gasteiger partial charge in [0.2, 0.25) is 0 Å². The van der Waals surface area contributed by atoms with Gasteiger partial charge < -0.3 is 19.5 Å². The highest BCUT2D eigenvalue weighted by atomic mass is 16.6. The van der Waals surface area contributed by atoms with E-state index in [-0.39, 0.29) is 17.0 Å². The average Bonchev–Trinajstić information content (AvgIpc) is 3.06. The molecule has 0 saturated heterocycles. The molecule has 0 aliphatic carbocycles. The molecule has 12 heteroatoms.